The van der Waals surface area contributed by atoms with Gasteiger partial charge < -0.3 is 5.73 Å². The van der Waals surface area contributed by atoms with Crippen LogP contribution in [0.4, 0.5) is 0 Å². The van der Waals surface area contributed by atoms with E-state index in [2.05, 4.69) is 14.9 Å². The molecule has 0 aliphatic carbocycles. The van der Waals surface area contributed by atoms with E-state index < -0.39 is 10.2 Å². The molecule has 8 heteroatoms. The Morgan fingerprint density at radius 3 is 3.05 bits per heavy atom. The van der Waals surface area contributed by atoms with Gasteiger partial charge in [0.05, 0.1) is 6.20 Å². The molecule has 1 aliphatic heterocycles. The van der Waals surface area contributed by atoms with E-state index in [0.29, 0.717) is 26.2 Å². The van der Waals surface area contributed by atoms with Gasteiger partial charge in [0, 0.05) is 25.3 Å². The summed E-state index contributed by atoms with van der Waals surface area (Å²) in [6.07, 6.45) is 5.27. The monoisotopic (exact) mass is 315 g/mol. The molecule has 0 radical (unpaired) electrons. The second-order valence-electron chi connectivity index (χ2n) is 5.63. The molecule has 2 rings (SSSR count). The molecule has 0 saturated carbocycles. The highest BCUT2D eigenvalue weighted by Gasteiger charge is 2.27. The SMILES string of the molecule is Cc1[nH]ncc1CCCNS(=O)(=O)N1CCCC(CN)C1. The summed E-state index contributed by atoms with van der Waals surface area (Å²) in [4.78, 5) is 0. The van der Waals surface area contributed by atoms with E-state index in [4.69, 9.17) is 5.73 Å². The first kappa shape index (κ1) is 16.4. The predicted molar refractivity (Wildman–Crippen MR) is 81.9 cm³/mol. The topological polar surface area (TPSA) is 104 Å². The summed E-state index contributed by atoms with van der Waals surface area (Å²) in [5.74, 6) is 0.281. The Labute approximate surface area is 126 Å². The first-order chi connectivity index (χ1) is 10.0. The van der Waals surface area contributed by atoms with Crippen molar-refractivity contribution in [3.63, 3.8) is 0 Å². The van der Waals surface area contributed by atoms with Crippen molar-refractivity contribution in [1.82, 2.24) is 19.2 Å². The second-order valence-corrected chi connectivity index (χ2v) is 7.38. The van der Waals surface area contributed by atoms with Crippen LogP contribution in [0.15, 0.2) is 6.20 Å². The summed E-state index contributed by atoms with van der Waals surface area (Å²) in [6, 6.07) is 0. The van der Waals surface area contributed by atoms with Crippen molar-refractivity contribution in [3.05, 3.63) is 17.5 Å². The van der Waals surface area contributed by atoms with Crippen molar-refractivity contribution in [1.29, 1.82) is 0 Å². The number of nitrogens with one attached hydrogen (secondary N) is 2. The number of nitrogens with two attached hydrogens (primary N) is 1. The Kier molecular flexibility index (Phi) is 5.74. The summed E-state index contributed by atoms with van der Waals surface area (Å²) in [5, 5.41) is 6.84. The zero-order chi connectivity index (χ0) is 15.3. The summed E-state index contributed by atoms with van der Waals surface area (Å²) >= 11 is 0. The maximum atomic E-state index is 12.2. The van der Waals surface area contributed by atoms with Crippen LogP contribution < -0.4 is 10.5 Å². The molecule has 1 fully saturated rings. The highest BCUT2D eigenvalue weighted by Crippen LogP contribution is 2.17. The smallest absolute Gasteiger partial charge is 0.279 e. The number of nitrogens with zero attached hydrogens (tertiary/aromatic N) is 2. The largest absolute Gasteiger partial charge is 0.330 e. The fourth-order valence-corrected chi connectivity index (χ4v) is 4.00. The van der Waals surface area contributed by atoms with Gasteiger partial charge in [-0.25, -0.2) is 4.72 Å². The molecule has 120 valence electrons. The van der Waals surface area contributed by atoms with Crippen molar-refractivity contribution in [2.75, 3.05) is 26.2 Å². The number of hydrogen-bond donors (Lipinski definition) is 3. The predicted octanol–water partition coefficient (Wildman–Crippen LogP) is 0.156. The first-order valence-electron chi connectivity index (χ1n) is 7.46. The zero-order valence-electron chi connectivity index (χ0n) is 12.5. The van der Waals surface area contributed by atoms with Gasteiger partial charge in [-0.3, -0.25) is 5.10 Å². The third-order valence-corrected chi connectivity index (χ3v) is 5.58. The van der Waals surface area contributed by atoms with Gasteiger partial charge in [0.15, 0.2) is 0 Å². The maximum absolute atomic E-state index is 12.2. The summed E-state index contributed by atoms with van der Waals surface area (Å²) in [6.45, 7) is 4.08. The second kappa shape index (κ2) is 7.35. The molecule has 21 heavy (non-hydrogen) atoms. The minimum atomic E-state index is -3.37. The fraction of sp³-hybridized carbons (Fsp3) is 0.769. The lowest BCUT2D eigenvalue weighted by molar-refractivity contribution is 0.268. The standard InChI is InChI=1S/C13H25N5O2S/c1-11-13(9-15-17-11)5-2-6-16-21(19,20)18-7-3-4-12(8-14)10-18/h9,12,16H,2-8,10,14H2,1H3,(H,15,17). The maximum Gasteiger partial charge on any atom is 0.279 e. The van der Waals surface area contributed by atoms with Gasteiger partial charge >= 0.3 is 0 Å². The highest BCUT2D eigenvalue weighted by molar-refractivity contribution is 7.87. The van der Waals surface area contributed by atoms with Crippen molar-refractivity contribution in [2.45, 2.75) is 32.6 Å². The molecule has 1 saturated heterocycles. The molecule has 1 aromatic heterocycles. The van der Waals surface area contributed by atoms with Crippen molar-refractivity contribution in [3.8, 4) is 0 Å². The summed E-state index contributed by atoms with van der Waals surface area (Å²) in [7, 11) is -3.37. The molecule has 1 unspecified atom stereocenters. The van der Waals surface area contributed by atoms with E-state index >= 15 is 0 Å². The van der Waals surface area contributed by atoms with Crippen LogP contribution in [0.1, 0.15) is 30.5 Å². The van der Waals surface area contributed by atoms with Crippen LogP contribution in [0.25, 0.3) is 0 Å². The van der Waals surface area contributed by atoms with Gasteiger partial charge in [-0.05, 0) is 50.6 Å². The minimum absolute atomic E-state index is 0.281. The Hall–Kier alpha value is -0.960. The third-order valence-electron chi connectivity index (χ3n) is 4.00. The molecule has 0 aromatic carbocycles. The van der Waals surface area contributed by atoms with E-state index in [1.54, 1.807) is 6.20 Å². The van der Waals surface area contributed by atoms with E-state index in [0.717, 1.165) is 36.9 Å². The number of hydrogen-bond acceptors (Lipinski definition) is 4. The molecular weight excluding hydrogens is 290 g/mol. The van der Waals surface area contributed by atoms with Crippen molar-refractivity contribution in [2.24, 2.45) is 11.7 Å². The molecule has 0 bridgehead atoms. The normalized spacial score (nSPS) is 20.8. The summed E-state index contributed by atoms with van der Waals surface area (Å²) < 4.78 is 28.7. The van der Waals surface area contributed by atoms with Crippen LogP contribution in [0.2, 0.25) is 0 Å². The van der Waals surface area contributed by atoms with Gasteiger partial charge in [-0.15, -0.1) is 0 Å². The Bertz CT molecular complexity index is 543. The number of piperidine rings is 1. The quantitative estimate of drug-likeness (QED) is 0.623. The Morgan fingerprint density at radius 1 is 1.57 bits per heavy atom. The fourth-order valence-electron chi connectivity index (χ4n) is 2.64. The van der Waals surface area contributed by atoms with Crippen molar-refractivity contribution < 1.29 is 8.42 Å². The highest BCUT2D eigenvalue weighted by atomic mass is 32.2. The number of aryl methyl sites for hydroxylation is 2. The average Bonchev–Trinajstić information content (AvgIpc) is 2.89. The van der Waals surface area contributed by atoms with Gasteiger partial charge in [-0.1, -0.05) is 0 Å². The van der Waals surface area contributed by atoms with Gasteiger partial charge in [-0.2, -0.15) is 17.8 Å². The number of aromatic nitrogens is 2. The van der Waals surface area contributed by atoms with Gasteiger partial charge in [0.2, 0.25) is 0 Å². The van der Waals surface area contributed by atoms with Crippen LogP contribution in [-0.2, 0) is 16.6 Å². The lowest BCUT2D eigenvalue weighted by atomic mass is 10.0. The number of H-pyrrole nitrogens is 1. The Balaban J connectivity index is 1.77. The van der Waals surface area contributed by atoms with Gasteiger partial charge in [0.1, 0.15) is 0 Å². The van der Waals surface area contributed by atoms with E-state index in [-0.39, 0.29) is 5.92 Å². The Morgan fingerprint density at radius 2 is 2.38 bits per heavy atom. The number of aromatic amines is 1. The van der Waals surface area contributed by atoms with Crippen LogP contribution in [-0.4, -0.2) is 49.1 Å². The van der Waals surface area contributed by atoms with E-state index in [1.165, 1.54) is 4.31 Å². The van der Waals surface area contributed by atoms with Crippen molar-refractivity contribution >= 4 is 10.2 Å². The molecule has 0 amide bonds. The van der Waals surface area contributed by atoms with Crippen LogP contribution >= 0.6 is 0 Å². The molecule has 1 aromatic rings. The average molecular weight is 315 g/mol. The zero-order valence-corrected chi connectivity index (χ0v) is 13.3. The molecule has 7 nitrogen and oxygen atoms in total. The van der Waals surface area contributed by atoms with Gasteiger partial charge in [0.25, 0.3) is 10.2 Å². The molecule has 4 N–H and O–H groups in total. The van der Waals surface area contributed by atoms with Crippen LogP contribution in [0.3, 0.4) is 0 Å². The van der Waals surface area contributed by atoms with Crippen LogP contribution in [0, 0.1) is 12.8 Å². The molecule has 1 atom stereocenters. The van der Waals surface area contributed by atoms with Crippen LogP contribution in [0.5, 0.6) is 0 Å². The molecular formula is C13H25N5O2S. The first-order valence-corrected chi connectivity index (χ1v) is 8.90. The summed E-state index contributed by atoms with van der Waals surface area (Å²) in [5.41, 5.74) is 7.82. The minimum Gasteiger partial charge on any atom is -0.330 e. The van der Waals surface area contributed by atoms with E-state index in [1.807, 2.05) is 6.92 Å². The lowest BCUT2D eigenvalue weighted by Crippen LogP contribution is -2.47. The molecule has 1 aliphatic rings. The number of rotatable bonds is 7. The molecule has 2 heterocycles. The van der Waals surface area contributed by atoms with E-state index in [9.17, 15) is 8.42 Å². The molecule has 0 spiro atoms. The lowest BCUT2D eigenvalue weighted by Gasteiger charge is -2.31. The third kappa shape index (κ3) is 4.50.